The first-order valence-corrected chi connectivity index (χ1v) is 14.8. The van der Waals surface area contributed by atoms with Gasteiger partial charge in [-0.25, -0.2) is 0 Å². The van der Waals surface area contributed by atoms with Gasteiger partial charge in [0.2, 0.25) is 11.8 Å². The molecule has 2 rings (SSSR count). The fourth-order valence-corrected chi connectivity index (χ4v) is 4.74. The molecule has 0 radical (unpaired) electrons. The van der Waals surface area contributed by atoms with Gasteiger partial charge in [-0.3, -0.25) is 29.1 Å². The monoisotopic (exact) mass is 566 g/mol. The van der Waals surface area contributed by atoms with E-state index in [1.165, 1.54) is 81.9 Å². The summed E-state index contributed by atoms with van der Waals surface area (Å²) < 4.78 is 0. The summed E-state index contributed by atoms with van der Waals surface area (Å²) in [6.45, 7) is 5.09. The van der Waals surface area contributed by atoms with Crippen LogP contribution in [0.5, 0.6) is 0 Å². The second-order valence-electron chi connectivity index (χ2n) is 10.5. The molecule has 2 atom stereocenters. The SMILES string of the molecule is CC(NCCCCCCCCCCCCCNC(C)C(=O)c1cnccc1C(N)=O)C(=O)c1cnccc1C(N)=O. The van der Waals surface area contributed by atoms with E-state index >= 15 is 0 Å². The molecule has 10 heteroatoms. The first kappa shape index (κ1) is 33.7. The van der Waals surface area contributed by atoms with Crippen molar-refractivity contribution < 1.29 is 19.2 Å². The van der Waals surface area contributed by atoms with Gasteiger partial charge in [0.1, 0.15) is 0 Å². The second-order valence-corrected chi connectivity index (χ2v) is 10.5. The number of pyridine rings is 2. The second kappa shape index (κ2) is 18.8. The van der Waals surface area contributed by atoms with Crippen LogP contribution in [-0.2, 0) is 0 Å². The molecule has 6 N–H and O–H groups in total. The molecule has 0 fully saturated rings. The van der Waals surface area contributed by atoms with Crippen molar-refractivity contribution in [3.63, 3.8) is 0 Å². The maximum atomic E-state index is 12.6. The molecular formula is C31H46N6O4. The molecule has 2 heterocycles. The van der Waals surface area contributed by atoms with E-state index < -0.39 is 23.9 Å². The van der Waals surface area contributed by atoms with Crippen molar-refractivity contribution in [1.82, 2.24) is 20.6 Å². The minimum Gasteiger partial charge on any atom is -0.366 e. The fourth-order valence-electron chi connectivity index (χ4n) is 4.74. The highest BCUT2D eigenvalue weighted by Crippen LogP contribution is 2.13. The van der Waals surface area contributed by atoms with Crippen molar-refractivity contribution in [2.24, 2.45) is 11.5 Å². The van der Waals surface area contributed by atoms with E-state index in [1.807, 2.05) is 0 Å². The topological polar surface area (TPSA) is 170 Å². The maximum absolute atomic E-state index is 12.6. The number of hydrogen-bond acceptors (Lipinski definition) is 8. The van der Waals surface area contributed by atoms with Crippen LogP contribution in [0.4, 0.5) is 0 Å². The summed E-state index contributed by atoms with van der Waals surface area (Å²) in [5.74, 6) is -1.59. The lowest BCUT2D eigenvalue weighted by Gasteiger charge is -2.14. The number of nitrogens with zero attached hydrogens (tertiary/aromatic N) is 2. The van der Waals surface area contributed by atoms with Crippen LogP contribution in [0.15, 0.2) is 36.9 Å². The molecule has 224 valence electrons. The number of carbonyl (C=O) groups is 4. The Hall–Kier alpha value is -3.50. The Morgan fingerprint density at radius 1 is 0.585 bits per heavy atom. The predicted molar refractivity (Wildman–Crippen MR) is 160 cm³/mol. The van der Waals surface area contributed by atoms with Crippen molar-refractivity contribution >= 4 is 23.4 Å². The van der Waals surface area contributed by atoms with Gasteiger partial charge in [-0.05, 0) is 51.9 Å². The highest BCUT2D eigenvalue weighted by molar-refractivity contribution is 6.09. The van der Waals surface area contributed by atoms with Crippen LogP contribution in [0.25, 0.3) is 0 Å². The smallest absolute Gasteiger partial charge is 0.249 e. The largest absolute Gasteiger partial charge is 0.366 e. The first-order valence-electron chi connectivity index (χ1n) is 14.8. The number of Topliss-reactive ketones (excluding diaryl/α,β-unsaturated/α-hetero) is 2. The summed E-state index contributed by atoms with van der Waals surface area (Å²) in [6.07, 6.45) is 18.5. The molecule has 2 aromatic rings. The van der Waals surface area contributed by atoms with Crippen LogP contribution >= 0.6 is 0 Å². The van der Waals surface area contributed by atoms with Gasteiger partial charge in [0, 0.05) is 24.8 Å². The van der Waals surface area contributed by atoms with Crippen molar-refractivity contribution in [2.45, 2.75) is 96.6 Å². The Morgan fingerprint density at radius 2 is 0.902 bits per heavy atom. The normalized spacial score (nSPS) is 12.5. The number of amides is 2. The molecule has 2 aromatic heterocycles. The van der Waals surface area contributed by atoms with E-state index in [0.29, 0.717) is 0 Å². The van der Waals surface area contributed by atoms with E-state index in [9.17, 15) is 19.2 Å². The molecule has 41 heavy (non-hydrogen) atoms. The molecule has 0 aliphatic carbocycles. The molecule has 0 aliphatic rings. The van der Waals surface area contributed by atoms with Gasteiger partial charge >= 0.3 is 0 Å². The Labute approximate surface area is 243 Å². The third kappa shape index (κ3) is 11.9. The van der Waals surface area contributed by atoms with Crippen LogP contribution < -0.4 is 22.1 Å². The Balaban J connectivity index is 1.43. The minimum atomic E-state index is -0.625. The summed E-state index contributed by atoms with van der Waals surface area (Å²) in [5, 5.41) is 6.48. The quantitative estimate of drug-likeness (QED) is 0.122. The van der Waals surface area contributed by atoms with E-state index in [-0.39, 0.29) is 33.8 Å². The van der Waals surface area contributed by atoms with Crippen molar-refractivity contribution in [3.05, 3.63) is 59.2 Å². The van der Waals surface area contributed by atoms with E-state index in [0.717, 1.165) is 38.8 Å². The van der Waals surface area contributed by atoms with Gasteiger partial charge in [-0.15, -0.1) is 0 Å². The molecule has 0 aromatic carbocycles. The van der Waals surface area contributed by atoms with E-state index in [2.05, 4.69) is 20.6 Å². The minimum absolute atomic E-state index is 0.172. The summed E-state index contributed by atoms with van der Waals surface area (Å²) in [7, 11) is 0. The van der Waals surface area contributed by atoms with Gasteiger partial charge in [-0.2, -0.15) is 0 Å². The molecule has 0 bridgehead atoms. The molecule has 0 saturated heterocycles. The Morgan fingerprint density at radius 3 is 1.22 bits per heavy atom. The van der Waals surface area contributed by atoms with Crippen LogP contribution in [0, 0.1) is 0 Å². The van der Waals surface area contributed by atoms with Crippen molar-refractivity contribution in [1.29, 1.82) is 0 Å². The number of ketones is 2. The van der Waals surface area contributed by atoms with E-state index in [1.54, 1.807) is 13.8 Å². The zero-order valence-corrected chi connectivity index (χ0v) is 24.5. The van der Waals surface area contributed by atoms with Crippen LogP contribution in [-0.4, -0.2) is 58.5 Å². The maximum Gasteiger partial charge on any atom is 0.249 e. The van der Waals surface area contributed by atoms with Gasteiger partial charge in [0.15, 0.2) is 11.6 Å². The number of nitrogens with two attached hydrogens (primary N) is 2. The number of hydrogen-bond donors (Lipinski definition) is 4. The zero-order chi connectivity index (χ0) is 30.0. The summed E-state index contributed by atoms with van der Waals surface area (Å²) >= 11 is 0. The lowest BCUT2D eigenvalue weighted by molar-refractivity contribution is 0.0932. The van der Waals surface area contributed by atoms with Gasteiger partial charge in [0.05, 0.1) is 34.3 Å². The Kier molecular flexibility index (Phi) is 15.4. The predicted octanol–water partition coefficient (Wildman–Crippen LogP) is 3.99. The third-order valence-electron chi connectivity index (χ3n) is 7.25. The summed E-state index contributed by atoms with van der Waals surface area (Å²) in [6, 6.07) is 2.15. The van der Waals surface area contributed by atoms with E-state index in [4.69, 9.17) is 11.5 Å². The standard InChI is InChI=1S/C31H46N6O4/c1-22(28(38)26-20-34-18-14-24(26)30(32)40)36-16-12-10-8-6-4-3-5-7-9-11-13-17-37-23(2)29(39)27-21-35-19-15-25(27)31(33)41/h14-15,18-23,36-37H,3-13,16-17H2,1-2H3,(H2,32,40)(H2,33,41). The average molecular weight is 567 g/mol. The van der Waals surface area contributed by atoms with Gasteiger partial charge < -0.3 is 22.1 Å². The summed E-state index contributed by atoms with van der Waals surface area (Å²) in [4.78, 5) is 56.2. The lowest BCUT2D eigenvalue weighted by atomic mass is 10.0. The van der Waals surface area contributed by atoms with Crippen LogP contribution in [0.1, 0.15) is 126 Å². The highest BCUT2D eigenvalue weighted by Gasteiger charge is 2.21. The number of carbonyl (C=O) groups excluding carboxylic acids is 4. The average Bonchev–Trinajstić information content (AvgIpc) is 2.97. The third-order valence-corrected chi connectivity index (χ3v) is 7.25. The number of aromatic nitrogens is 2. The van der Waals surface area contributed by atoms with Gasteiger partial charge in [0.25, 0.3) is 0 Å². The molecule has 0 aliphatic heterocycles. The van der Waals surface area contributed by atoms with Crippen LogP contribution in [0.2, 0.25) is 0 Å². The molecule has 2 amide bonds. The molecular weight excluding hydrogens is 520 g/mol. The molecule has 10 nitrogen and oxygen atoms in total. The molecule has 0 spiro atoms. The molecule has 0 saturated carbocycles. The van der Waals surface area contributed by atoms with Crippen molar-refractivity contribution in [3.8, 4) is 0 Å². The first-order chi connectivity index (χ1) is 19.7. The number of primary amides is 2. The fraction of sp³-hybridized carbons (Fsp3) is 0.548. The lowest BCUT2D eigenvalue weighted by Crippen LogP contribution is -2.35. The Bertz CT molecular complexity index is 1050. The number of rotatable bonds is 22. The number of unbranched alkanes of at least 4 members (excludes halogenated alkanes) is 10. The number of nitrogens with one attached hydrogen (secondary N) is 2. The zero-order valence-electron chi connectivity index (χ0n) is 24.5. The molecule has 2 unspecified atom stereocenters. The highest BCUT2D eigenvalue weighted by atomic mass is 16.2. The summed E-state index contributed by atoms with van der Waals surface area (Å²) in [5.41, 5.74) is 11.7. The van der Waals surface area contributed by atoms with Crippen LogP contribution in [0.3, 0.4) is 0 Å². The van der Waals surface area contributed by atoms with Gasteiger partial charge in [-0.1, -0.05) is 57.8 Å². The van der Waals surface area contributed by atoms with Crippen molar-refractivity contribution in [2.75, 3.05) is 13.1 Å².